The first-order chi connectivity index (χ1) is 20.9. The van der Waals surface area contributed by atoms with Gasteiger partial charge in [-0.3, -0.25) is 9.78 Å². The van der Waals surface area contributed by atoms with E-state index in [9.17, 15) is 19.5 Å². The number of ether oxygens (including phenoxy) is 2. The molecular formula is C33H44N4O6S. The molecule has 1 heterocycles. The summed E-state index contributed by atoms with van der Waals surface area (Å²) >= 11 is 1.38. The molecule has 44 heavy (non-hydrogen) atoms. The molecule has 0 radical (unpaired) electrons. The molecular weight excluding hydrogens is 580 g/mol. The van der Waals surface area contributed by atoms with Gasteiger partial charge < -0.3 is 30.5 Å². The topological polar surface area (TPSA) is 139 Å². The van der Waals surface area contributed by atoms with Crippen molar-refractivity contribution in [2.45, 2.75) is 90.3 Å². The summed E-state index contributed by atoms with van der Waals surface area (Å²) in [5.74, 6) is -0.624. The Balaban J connectivity index is 1.77. The van der Waals surface area contributed by atoms with Crippen LogP contribution in [0, 0.1) is 5.92 Å². The highest BCUT2D eigenvalue weighted by Crippen LogP contribution is 2.16. The second-order valence-electron chi connectivity index (χ2n) is 12.1. The van der Waals surface area contributed by atoms with Gasteiger partial charge in [0.05, 0.1) is 22.5 Å². The lowest BCUT2D eigenvalue weighted by Crippen LogP contribution is -2.54. The maximum atomic E-state index is 13.5. The Bertz CT molecular complexity index is 1300. The summed E-state index contributed by atoms with van der Waals surface area (Å²) in [6, 6.07) is 17.0. The van der Waals surface area contributed by atoms with Gasteiger partial charge in [-0.25, -0.2) is 9.59 Å². The molecule has 0 aliphatic heterocycles. The molecule has 0 spiro atoms. The highest BCUT2D eigenvalue weighted by Gasteiger charge is 2.31. The van der Waals surface area contributed by atoms with Crippen molar-refractivity contribution in [2.75, 3.05) is 0 Å². The predicted octanol–water partition coefficient (Wildman–Crippen LogP) is 5.01. The van der Waals surface area contributed by atoms with Crippen LogP contribution in [0.1, 0.15) is 57.0 Å². The first-order valence-corrected chi connectivity index (χ1v) is 15.6. The van der Waals surface area contributed by atoms with Gasteiger partial charge in [-0.1, -0.05) is 74.5 Å². The van der Waals surface area contributed by atoms with Gasteiger partial charge >= 0.3 is 12.2 Å². The largest absolute Gasteiger partial charge is 0.444 e. The number of aliphatic hydroxyl groups is 1. The second kappa shape index (κ2) is 16.8. The van der Waals surface area contributed by atoms with Crippen LogP contribution in [0.3, 0.4) is 0 Å². The Kier molecular flexibility index (Phi) is 13.2. The zero-order chi connectivity index (χ0) is 32.1. The second-order valence-corrected chi connectivity index (χ2v) is 13.0. The fourth-order valence-corrected chi connectivity index (χ4v) is 5.11. The quantitative estimate of drug-likeness (QED) is 0.198. The lowest BCUT2D eigenvalue weighted by atomic mass is 9.93. The van der Waals surface area contributed by atoms with Crippen LogP contribution >= 0.6 is 11.3 Å². The molecule has 1 aromatic heterocycles. The van der Waals surface area contributed by atoms with Crippen LogP contribution in [0.4, 0.5) is 9.59 Å². The number of thiazole rings is 1. The van der Waals surface area contributed by atoms with Gasteiger partial charge in [0.25, 0.3) is 0 Å². The van der Waals surface area contributed by atoms with Gasteiger partial charge in [0.2, 0.25) is 5.91 Å². The van der Waals surface area contributed by atoms with E-state index in [4.69, 9.17) is 9.47 Å². The average Bonchev–Trinajstić information content (AvgIpc) is 3.48. The number of hydrogen-bond donors (Lipinski definition) is 4. The Morgan fingerprint density at radius 2 is 1.50 bits per heavy atom. The van der Waals surface area contributed by atoms with Crippen LogP contribution in [0.2, 0.25) is 0 Å². The number of alkyl carbamates (subject to hydrolysis) is 2. The van der Waals surface area contributed by atoms with Gasteiger partial charge in [0, 0.05) is 12.2 Å². The zero-order valence-electron chi connectivity index (χ0n) is 26.0. The summed E-state index contributed by atoms with van der Waals surface area (Å²) < 4.78 is 10.8. The van der Waals surface area contributed by atoms with E-state index in [2.05, 4.69) is 20.9 Å². The number of benzene rings is 2. The number of rotatable bonds is 14. The molecule has 0 bridgehead atoms. The molecule has 3 rings (SSSR count). The van der Waals surface area contributed by atoms with Crippen molar-refractivity contribution in [2.24, 2.45) is 5.92 Å². The third-order valence-corrected chi connectivity index (χ3v) is 7.47. The van der Waals surface area contributed by atoms with E-state index in [-0.39, 0.29) is 18.9 Å². The summed E-state index contributed by atoms with van der Waals surface area (Å²) in [7, 11) is 0. The predicted molar refractivity (Wildman–Crippen MR) is 170 cm³/mol. The van der Waals surface area contributed by atoms with Crippen molar-refractivity contribution in [1.82, 2.24) is 20.9 Å². The van der Waals surface area contributed by atoms with Crippen LogP contribution in [0.15, 0.2) is 72.4 Å². The van der Waals surface area contributed by atoms with E-state index in [1.807, 2.05) is 74.5 Å². The number of nitrogens with zero attached hydrogens (tertiary/aromatic N) is 1. The molecule has 0 aliphatic rings. The maximum Gasteiger partial charge on any atom is 0.408 e. The van der Waals surface area contributed by atoms with Crippen molar-refractivity contribution in [3.63, 3.8) is 0 Å². The van der Waals surface area contributed by atoms with Crippen molar-refractivity contribution < 1.29 is 29.0 Å². The van der Waals surface area contributed by atoms with E-state index in [0.717, 1.165) is 16.0 Å². The van der Waals surface area contributed by atoms with E-state index in [1.54, 1.807) is 32.5 Å². The molecule has 238 valence electrons. The highest BCUT2D eigenvalue weighted by molar-refractivity contribution is 7.09. The van der Waals surface area contributed by atoms with E-state index < -0.39 is 47.9 Å². The van der Waals surface area contributed by atoms with Crippen LogP contribution in [-0.2, 0) is 33.7 Å². The molecule has 0 fully saturated rings. The summed E-state index contributed by atoms with van der Waals surface area (Å²) in [5.41, 5.74) is 2.82. The molecule has 3 amide bonds. The first kappa shape index (κ1) is 34.5. The monoisotopic (exact) mass is 624 g/mol. The molecule has 0 saturated carbocycles. The third-order valence-electron chi connectivity index (χ3n) is 6.71. The highest BCUT2D eigenvalue weighted by atomic mass is 32.1. The number of aromatic nitrogens is 1. The molecule has 0 aliphatic carbocycles. The zero-order valence-corrected chi connectivity index (χ0v) is 26.8. The Morgan fingerprint density at radius 3 is 2.05 bits per heavy atom. The average molecular weight is 625 g/mol. The first-order valence-electron chi connectivity index (χ1n) is 14.8. The van der Waals surface area contributed by atoms with E-state index in [0.29, 0.717) is 12.8 Å². The fourth-order valence-electron chi connectivity index (χ4n) is 4.60. The lowest BCUT2D eigenvalue weighted by molar-refractivity contribution is -0.125. The van der Waals surface area contributed by atoms with E-state index >= 15 is 0 Å². The number of carbonyl (C=O) groups excluding carboxylic acids is 3. The summed E-state index contributed by atoms with van der Waals surface area (Å²) in [4.78, 5) is 43.6. The van der Waals surface area contributed by atoms with Gasteiger partial charge in [-0.15, -0.1) is 11.3 Å². The van der Waals surface area contributed by atoms with Gasteiger partial charge in [-0.05, 0) is 57.1 Å². The van der Waals surface area contributed by atoms with Gasteiger partial charge in [-0.2, -0.15) is 0 Å². The molecule has 2 aromatic carbocycles. The number of aliphatic hydroxyl groups excluding tert-OH is 1. The number of amides is 3. The van der Waals surface area contributed by atoms with E-state index in [1.165, 1.54) is 11.3 Å². The molecule has 10 nitrogen and oxygen atoms in total. The van der Waals surface area contributed by atoms with Crippen LogP contribution in [-0.4, -0.2) is 58.0 Å². The smallest absolute Gasteiger partial charge is 0.408 e. The third kappa shape index (κ3) is 12.3. The molecule has 3 aromatic rings. The maximum absolute atomic E-state index is 13.5. The fraction of sp³-hybridized carbons (Fsp3) is 0.455. The molecule has 11 heteroatoms. The Labute approximate surface area is 263 Å². The lowest BCUT2D eigenvalue weighted by Gasteiger charge is -2.30. The standard InChI is InChI=1S/C33H44N4O6S/c1-22(2)29(37-32(41)43-33(3,4)5)30(39)35-25(16-23-12-8-6-9-13-23)18-28(38)27(17-24-14-10-7-11-15-24)36-31(40)42-20-26-19-34-21-44-26/h6-15,19,21-22,25,27-29,38H,16-18,20H2,1-5H3,(H,35,39)(H,36,40)(H,37,41)/t25-,27-,28-,29?/m0/s1. The van der Waals surface area contributed by atoms with Crippen molar-refractivity contribution in [3.05, 3.63) is 88.4 Å². The number of carbonyl (C=O) groups is 3. The van der Waals surface area contributed by atoms with Crippen LogP contribution in [0.25, 0.3) is 0 Å². The number of hydrogen-bond acceptors (Lipinski definition) is 8. The van der Waals surface area contributed by atoms with Crippen molar-refractivity contribution in [1.29, 1.82) is 0 Å². The SMILES string of the molecule is CC(C)C(NC(=O)OC(C)(C)C)C(=O)N[C@@H](Cc1ccccc1)C[C@H](O)[C@H](Cc1ccccc1)NC(=O)OCc1cncs1. The summed E-state index contributed by atoms with van der Waals surface area (Å²) in [6.07, 6.45) is 0.139. The molecule has 4 N–H and O–H groups in total. The minimum Gasteiger partial charge on any atom is -0.444 e. The normalized spacial score (nSPS) is 14.2. The minimum atomic E-state index is -1.04. The minimum absolute atomic E-state index is 0.0680. The Morgan fingerprint density at radius 1 is 0.886 bits per heavy atom. The van der Waals surface area contributed by atoms with Gasteiger partial charge in [0.15, 0.2) is 0 Å². The molecule has 1 unspecified atom stereocenters. The molecule has 4 atom stereocenters. The number of nitrogens with one attached hydrogen (secondary N) is 3. The van der Waals surface area contributed by atoms with Crippen LogP contribution in [0.5, 0.6) is 0 Å². The summed E-state index contributed by atoms with van der Waals surface area (Å²) in [5, 5.41) is 20.1. The van der Waals surface area contributed by atoms with Crippen molar-refractivity contribution in [3.8, 4) is 0 Å². The van der Waals surface area contributed by atoms with Gasteiger partial charge in [0.1, 0.15) is 18.2 Å². The van der Waals surface area contributed by atoms with Crippen LogP contribution < -0.4 is 16.0 Å². The Hall–Kier alpha value is -3.96. The molecule has 0 saturated heterocycles. The summed E-state index contributed by atoms with van der Waals surface area (Å²) in [6.45, 7) is 9.00. The van der Waals surface area contributed by atoms with Crippen molar-refractivity contribution >= 4 is 29.4 Å².